The SMILES string of the molecule is CCC(=O)Nc1c(I)c(C(=O)Cl)c(I)c(C(=O)Cl)c1I. The Morgan fingerprint density at radius 1 is 0.950 bits per heavy atom. The minimum absolute atomic E-state index is 0.170. The lowest BCUT2D eigenvalue weighted by molar-refractivity contribution is -0.115. The molecule has 20 heavy (non-hydrogen) atoms. The maximum absolute atomic E-state index is 11.6. The molecule has 0 aliphatic heterocycles. The number of rotatable bonds is 4. The van der Waals surface area contributed by atoms with Crippen molar-refractivity contribution in [3.05, 3.63) is 21.8 Å². The number of amides is 1. The van der Waals surface area contributed by atoms with Crippen LogP contribution in [0.15, 0.2) is 0 Å². The van der Waals surface area contributed by atoms with Gasteiger partial charge in [-0.3, -0.25) is 14.4 Å². The zero-order valence-corrected chi connectivity index (χ0v) is 17.8. The summed E-state index contributed by atoms with van der Waals surface area (Å²) in [6.07, 6.45) is 0.270. The van der Waals surface area contributed by atoms with Gasteiger partial charge in [0.1, 0.15) is 0 Å². The van der Waals surface area contributed by atoms with Gasteiger partial charge in [0, 0.05) is 9.99 Å². The molecule has 0 aliphatic carbocycles. The molecule has 4 nitrogen and oxygen atoms in total. The Hall–Kier alpha value is 0.800. The molecule has 1 N–H and O–H groups in total. The third-order valence-electron chi connectivity index (χ3n) is 2.30. The van der Waals surface area contributed by atoms with Gasteiger partial charge in [-0.2, -0.15) is 0 Å². The van der Waals surface area contributed by atoms with Crippen LogP contribution in [-0.2, 0) is 4.79 Å². The highest BCUT2D eigenvalue weighted by molar-refractivity contribution is 14.1. The van der Waals surface area contributed by atoms with E-state index in [4.69, 9.17) is 23.2 Å². The molecule has 0 radical (unpaired) electrons. The summed E-state index contributed by atoms with van der Waals surface area (Å²) >= 11 is 16.8. The summed E-state index contributed by atoms with van der Waals surface area (Å²) < 4.78 is 1.35. The average molecular weight is 652 g/mol. The summed E-state index contributed by atoms with van der Waals surface area (Å²) in [4.78, 5) is 34.7. The maximum Gasteiger partial charge on any atom is 0.254 e. The molecule has 0 saturated heterocycles. The molecule has 1 aromatic rings. The second kappa shape index (κ2) is 7.88. The Kier molecular flexibility index (Phi) is 7.43. The largest absolute Gasteiger partial charge is 0.324 e. The number of carbonyl (C=O) groups excluding carboxylic acids is 3. The summed E-state index contributed by atoms with van der Waals surface area (Å²) in [6, 6.07) is 0. The molecule has 0 heterocycles. The van der Waals surface area contributed by atoms with Crippen molar-refractivity contribution < 1.29 is 14.4 Å². The van der Waals surface area contributed by atoms with E-state index >= 15 is 0 Å². The molecule has 0 fully saturated rings. The molecule has 1 amide bonds. The fourth-order valence-electron chi connectivity index (χ4n) is 1.35. The number of hydrogen-bond acceptors (Lipinski definition) is 3. The molecular formula is C11H6Cl2I3NO3. The molecule has 0 aliphatic rings. The van der Waals surface area contributed by atoms with Gasteiger partial charge in [-0.15, -0.1) is 0 Å². The van der Waals surface area contributed by atoms with Crippen molar-refractivity contribution >= 4 is 113 Å². The molecule has 0 aromatic heterocycles. The molecule has 1 aromatic carbocycles. The highest BCUT2D eigenvalue weighted by Gasteiger charge is 2.26. The molecule has 9 heteroatoms. The van der Waals surface area contributed by atoms with Gasteiger partial charge in [0.25, 0.3) is 10.5 Å². The normalized spacial score (nSPS) is 10.3. The van der Waals surface area contributed by atoms with E-state index < -0.39 is 10.5 Å². The van der Waals surface area contributed by atoms with Crippen molar-refractivity contribution in [1.29, 1.82) is 0 Å². The van der Waals surface area contributed by atoms with Crippen molar-refractivity contribution in [2.75, 3.05) is 5.32 Å². The second-order valence-electron chi connectivity index (χ2n) is 3.52. The first-order valence-corrected chi connectivity index (χ1v) is 9.11. The Bertz CT molecular complexity index is 578. The predicted molar refractivity (Wildman–Crippen MR) is 104 cm³/mol. The first kappa shape index (κ1) is 18.8. The van der Waals surface area contributed by atoms with Gasteiger partial charge in [0.2, 0.25) is 5.91 Å². The van der Waals surface area contributed by atoms with Gasteiger partial charge in [0.05, 0.1) is 24.0 Å². The number of anilines is 1. The summed E-state index contributed by atoms with van der Waals surface area (Å²) in [5.41, 5.74) is 0.721. The van der Waals surface area contributed by atoms with Crippen molar-refractivity contribution in [3.8, 4) is 0 Å². The van der Waals surface area contributed by atoms with Crippen LogP contribution < -0.4 is 5.32 Å². The van der Waals surface area contributed by atoms with Crippen LogP contribution in [0.3, 0.4) is 0 Å². The van der Waals surface area contributed by atoms with Gasteiger partial charge in [-0.05, 0) is 91.0 Å². The topological polar surface area (TPSA) is 63.2 Å². The van der Waals surface area contributed by atoms with E-state index in [1.54, 1.807) is 6.92 Å². The highest BCUT2D eigenvalue weighted by atomic mass is 127. The Morgan fingerprint density at radius 3 is 1.65 bits per heavy atom. The fraction of sp³-hybridized carbons (Fsp3) is 0.182. The van der Waals surface area contributed by atoms with Crippen molar-refractivity contribution in [1.82, 2.24) is 0 Å². The van der Waals surface area contributed by atoms with Gasteiger partial charge in [-0.25, -0.2) is 0 Å². The number of halogens is 5. The quantitative estimate of drug-likeness (QED) is 0.383. The van der Waals surface area contributed by atoms with E-state index in [1.165, 1.54) is 0 Å². The number of benzene rings is 1. The van der Waals surface area contributed by atoms with E-state index in [0.717, 1.165) is 0 Å². The number of nitrogens with one attached hydrogen (secondary N) is 1. The Balaban J connectivity index is 3.71. The standard InChI is InChI=1S/C11H6Cl2I3NO3/c1-2-3(18)17-9-7(15)4(10(12)19)6(14)5(8(9)16)11(13)20/h2H2,1H3,(H,17,18). The first-order valence-electron chi connectivity index (χ1n) is 5.12. The van der Waals surface area contributed by atoms with Crippen LogP contribution in [0.2, 0.25) is 0 Å². The lowest BCUT2D eigenvalue weighted by atomic mass is 10.1. The summed E-state index contributed by atoms with van der Waals surface area (Å²) in [6.45, 7) is 1.70. The predicted octanol–water partition coefficient (Wildman–Crippen LogP) is 4.61. The molecule has 0 atom stereocenters. The van der Waals surface area contributed by atoms with Crippen LogP contribution in [-0.4, -0.2) is 16.4 Å². The van der Waals surface area contributed by atoms with Crippen molar-refractivity contribution in [2.24, 2.45) is 0 Å². The summed E-state index contributed by atoms with van der Waals surface area (Å²) in [7, 11) is 0. The lowest BCUT2D eigenvalue weighted by Gasteiger charge is -2.16. The van der Waals surface area contributed by atoms with Gasteiger partial charge in [-0.1, -0.05) is 6.92 Å². The minimum atomic E-state index is -0.707. The number of hydrogen-bond donors (Lipinski definition) is 1. The molecule has 0 bridgehead atoms. The third kappa shape index (κ3) is 3.96. The van der Waals surface area contributed by atoms with E-state index in [2.05, 4.69) is 5.32 Å². The van der Waals surface area contributed by atoms with E-state index in [9.17, 15) is 14.4 Å². The zero-order chi connectivity index (χ0) is 15.6. The van der Waals surface area contributed by atoms with Crippen molar-refractivity contribution in [2.45, 2.75) is 13.3 Å². The Morgan fingerprint density at radius 2 is 1.35 bits per heavy atom. The van der Waals surface area contributed by atoms with Crippen molar-refractivity contribution in [3.63, 3.8) is 0 Å². The van der Waals surface area contributed by atoms with Crippen LogP contribution >= 0.6 is 91.0 Å². The van der Waals surface area contributed by atoms with Gasteiger partial charge < -0.3 is 5.32 Å². The van der Waals surface area contributed by atoms with Crippen LogP contribution in [0.25, 0.3) is 0 Å². The molecule has 108 valence electrons. The van der Waals surface area contributed by atoms with E-state index in [1.807, 2.05) is 67.8 Å². The second-order valence-corrected chi connectivity index (χ2v) is 7.44. The molecule has 0 spiro atoms. The smallest absolute Gasteiger partial charge is 0.254 e. The van der Waals surface area contributed by atoms with Gasteiger partial charge >= 0.3 is 0 Å². The minimum Gasteiger partial charge on any atom is -0.324 e. The lowest BCUT2D eigenvalue weighted by Crippen LogP contribution is -2.17. The highest BCUT2D eigenvalue weighted by Crippen LogP contribution is 2.37. The summed E-state index contributed by atoms with van der Waals surface area (Å²) in [5.74, 6) is -0.233. The maximum atomic E-state index is 11.6. The average Bonchev–Trinajstić information content (AvgIpc) is 2.33. The Labute approximate surface area is 166 Å². The van der Waals surface area contributed by atoms with Crippen LogP contribution in [0.5, 0.6) is 0 Å². The zero-order valence-electron chi connectivity index (χ0n) is 9.82. The van der Waals surface area contributed by atoms with Gasteiger partial charge in [0.15, 0.2) is 0 Å². The summed E-state index contributed by atoms with van der Waals surface area (Å²) in [5, 5.41) is 1.25. The monoisotopic (exact) mass is 651 g/mol. The third-order valence-corrected chi connectivity index (χ3v) is 5.91. The first-order chi connectivity index (χ1) is 9.22. The molecule has 1 rings (SSSR count). The van der Waals surface area contributed by atoms with E-state index in [0.29, 0.717) is 16.4 Å². The molecule has 0 saturated carbocycles. The molecular weight excluding hydrogens is 646 g/mol. The molecule has 0 unspecified atom stereocenters. The van der Waals surface area contributed by atoms with E-state index in [-0.39, 0.29) is 23.5 Å². The van der Waals surface area contributed by atoms with Crippen LogP contribution in [0.4, 0.5) is 5.69 Å². The van der Waals surface area contributed by atoms with Crippen LogP contribution in [0.1, 0.15) is 34.1 Å². The van der Waals surface area contributed by atoms with Crippen LogP contribution in [0, 0.1) is 10.7 Å². The fourth-order valence-corrected chi connectivity index (χ4v) is 6.78. The number of carbonyl (C=O) groups is 3.